The Kier molecular flexibility index (Phi) is 6.94. The standard InChI is InChI=1S/C29H29N5O.Pt/c1-18-13-19(2)34(32-18)23-9-8-10-24(15-23)35-25-16-26(28-31-20(3)21(4)33(28)17-25)27-14-22(11-12-30-27)29(5,6)7;/h8-14,17H,1-7H3;/q-2;+2. The third-order valence-corrected chi connectivity index (χ3v) is 6.20. The predicted octanol–water partition coefficient (Wildman–Crippen LogP) is 6.50. The third-order valence-electron chi connectivity index (χ3n) is 6.20. The summed E-state index contributed by atoms with van der Waals surface area (Å²) in [4.78, 5) is 9.48. The molecule has 0 spiro atoms. The molecule has 4 aromatic heterocycles. The van der Waals surface area contributed by atoms with E-state index in [0.717, 1.165) is 45.4 Å². The Hall–Kier alpha value is -3.24. The van der Waals surface area contributed by atoms with E-state index in [1.807, 2.05) is 66.5 Å². The van der Waals surface area contributed by atoms with Gasteiger partial charge in [-0.1, -0.05) is 38.5 Å². The molecule has 0 amide bonds. The van der Waals surface area contributed by atoms with Crippen LogP contribution in [0.4, 0.5) is 0 Å². The van der Waals surface area contributed by atoms with E-state index in [2.05, 4.69) is 62.0 Å². The number of rotatable bonds is 4. The summed E-state index contributed by atoms with van der Waals surface area (Å²) < 4.78 is 10.2. The first-order chi connectivity index (χ1) is 16.6. The van der Waals surface area contributed by atoms with Crippen LogP contribution in [0, 0.1) is 39.8 Å². The van der Waals surface area contributed by atoms with Gasteiger partial charge in [0.2, 0.25) is 0 Å². The van der Waals surface area contributed by atoms with Crippen molar-refractivity contribution in [2.24, 2.45) is 0 Å². The second kappa shape index (κ2) is 9.66. The number of pyridine rings is 2. The Bertz CT molecular complexity index is 1560. The molecule has 0 atom stereocenters. The topological polar surface area (TPSA) is 57.2 Å². The van der Waals surface area contributed by atoms with Crippen LogP contribution in [-0.4, -0.2) is 24.1 Å². The van der Waals surface area contributed by atoms with Crippen molar-refractivity contribution in [2.45, 2.75) is 53.9 Å². The Morgan fingerprint density at radius 2 is 1.72 bits per heavy atom. The maximum atomic E-state index is 6.29. The molecule has 186 valence electrons. The fourth-order valence-electron chi connectivity index (χ4n) is 4.16. The predicted molar refractivity (Wildman–Crippen MR) is 137 cm³/mol. The number of ether oxygens (including phenoxy) is 1. The molecule has 5 rings (SSSR count). The van der Waals surface area contributed by atoms with Gasteiger partial charge in [0, 0.05) is 29.0 Å². The van der Waals surface area contributed by atoms with E-state index in [0.29, 0.717) is 11.5 Å². The summed E-state index contributed by atoms with van der Waals surface area (Å²) in [5, 5.41) is 4.57. The van der Waals surface area contributed by atoms with Gasteiger partial charge in [-0.05, 0) is 68.4 Å². The van der Waals surface area contributed by atoms with E-state index in [-0.39, 0.29) is 26.5 Å². The van der Waals surface area contributed by atoms with Crippen molar-refractivity contribution in [3.8, 4) is 28.4 Å². The Morgan fingerprint density at radius 1 is 0.944 bits per heavy atom. The zero-order chi connectivity index (χ0) is 24.9. The molecule has 0 aliphatic carbocycles. The minimum absolute atomic E-state index is 0. The normalized spacial score (nSPS) is 11.5. The molecule has 0 unspecified atom stereocenters. The molecule has 0 saturated carbocycles. The van der Waals surface area contributed by atoms with Gasteiger partial charge >= 0.3 is 21.1 Å². The van der Waals surface area contributed by atoms with Crippen LogP contribution in [0.15, 0.2) is 48.8 Å². The first-order valence-electron chi connectivity index (χ1n) is 11.7. The summed E-state index contributed by atoms with van der Waals surface area (Å²) in [6.45, 7) is 14.7. The van der Waals surface area contributed by atoms with Crippen LogP contribution in [0.25, 0.3) is 22.6 Å². The fourth-order valence-corrected chi connectivity index (χ4v) is 4.16. The molecule has 0 bridgehead atoms. The molecule has 6 nitrogen and oxygen atoms in total. The van der Waals surface area contributed by atoms with Gasteiger partial charge in [0.1, 0.15) is 0 Å². The number of fused-ring (bicyclic) bond motifs is 1. The van der Waals surface area contributed by atoms with Crippen molar-refractivity contribution in [2.75, 3.05) is 0 Å². The number of aryl methyl sites for hydroxylation is 4. The second-order valence-electron chi connectivity index (χ2n) is 9.99. The SMILES string of the molecule is Cc1cc(C)n(-c2[c-]c(Oc3[c-]c(-c4cc(C(C)(C)C)ccn4)c4nc(C)c(C)n4c3)ccc2)n1.[Pt+2]. The van der Waals surface area contributed by atoms with Gasteiger partial charge in [0.05, 0.1) is 17.1 Å². The van der Waals surface area contributed by atoms with Crippen LogP contribution in [0.1, 0.15) is 49.1 Å². The van der Waals surface area contributed by atoms with Crippen molar-refractivity contribution in [3.63, 3.8) is 0 Å². The molecule has 0 fully saturated rings. The molecule has 7 heteroatoms. The van der Waals surface area contributed by atoms with Crippen molar-refractivity contribution in [3.05, 3.63) is 89.3 Å². The number of benzene rings is 1. The van der Waals surface area contributed by atoms with E-state index in [4.69, 9.17) is 9.72 Å². The Balaban J connectivity index is 0.00000304. The zero-order valence-electron chi connectivity index (χ0n) is 21.6. The summed E-state index contributed by atoms with van der Waals surface area (Å²) in [7, 11) is 0. The van der Waals surface area contributed by atoms with E-state index in [9.17, 15) is 0 Å². The number of hydrogen-bond acceptors (Lipinski definition) is 4. The van der Waals surface area contributed by atoms with E-state index >= 15 is 0 Å². The smallest absolute Gasteiger partial charge is 0.501 e. The fraction of sp³-hybridized carbons (Fsp3) is 0.276. The quantitative estimate of drug-likeness (QED) is 0.207. The van der Waals surface area contributed by atoms with Crippen LogP contribution >= 0.6 is 0 Å². The van der Waals surface area contributed by atoms with Gasteiger partial charge in [-0.2, -0.15) is 11.2 Å². The van der Waals surface area contributed by atoms with Gasteiger partial charge < -0.3 is 14.1 Å². The summed E-state index contributed by atoms with van der Waals surface area (Å²) in [5.41, 5.74) is 8.47. The number of nitrogens with zero attached hydrogens (tertiary/aromatic N) is 5. The molecule has 0 N–H and O–H groups in total. The van der Waals surface area contributed by atoms with Crippen LogP contribution in [0.3, 0.4) is 0 Å². The van der Waals surface area contributed by atoms with Gasteiger partial charge in [-0.3, -0.25) is 9.67 Å². The van der Waals surface area contributed by atoms with Gasteiger partial charge in [0.15, 0.2) is 0 Å². The first-order valence-corrected chi connectivity index (χ1v) is 11.7. The molecule has 1 aromatic carbocycles. The largest absolute Gasteiger partial charge is 2.00 e. The molecular formula is C29H29N5OPt. The van der Waals surface area contributed by atoms with Crippen LogP contribution < -0.4 is 4.74 Å². The molecule has 4 heterocycles. The van der Waals surface area contributed by atoms with Gasteiger partial charge in [-0.25, -0.2) is 0 Å². The van der Waals surface area contributed by atoms with Crippen molar-refractivity contribution in [1.82, 2.24) is 24.1 Å². The van der Waals surface area contributed by atoms with E-state index in [1.165, 1.54) is 5.56 Å². The molecule has 5 aromatic rings. The molecule has 0 aliphatic heterocycles. The Labute approximate surface area is 226 Å². The number of imidazole rings is 1. The van der Waals surface area contributed by atoms with Gasteiger partial charge in [-0.15, -0.1) is 18.2 Å². The molecule has 0 saturated heterocycles. The summed E-state index contributed by atoms with van der Waals surface area (Å²) >= 11 is 0. The van der Waals surface area contributed by atoms with E-state index < -0.39 is 0 Å². The average molecular weight is 659 g/mol. The van der Waals surface area contributed by atoms with Gasteiger partial charge in [0.25, 0.3) is 0 Å². The minimum Gasteiger partial charge on any atom is -0.501 e. The molecular weight excluding hydrogens is 629 g/mol. The molecule has 36 heavy (non-hydrogen) atoms. The molecule has 0 aliphatic rings. The summed E-state index contributed by atoms with van der Waals surface area (Å²) in [5.74, 6) is 1.15. The first kappa shape index (κ1) is 25.8. The van der Waals surface area contributed by atoms with Crippen LogP contribution in [0.5, 0.6) is 11.5 Å². The monoisotopic (exact) mass is 658 g/mol. The number of hydrogen-bond donors (Lipinski definition) is 0. The van der Waals surface area contributed by atoms with Crippen molar-refractivity contribution in [1.29, 1.82) is 0 Å². The maximum Gasteiger partial charge on any atom is 2.00 e. The minimum atomic E-state index is 0. The average Bonchev–Trinajstić information content (AvgIpc) is 3.30. The van der Waals surface area contributed by atoms with Crippen LogP contribution in [0.2, 0.25) is 0 Å². The third kappa shape index (κ3) is 4.87. The Morgan fingerprint density at radius 3 is 2.42 bits per heavy atom. The van der Waals surface area contributed by atoms with Crippen LogP contribution in [-0.2, 0) is 26.5 Å². The summed E-state index contributed by atoms with van der Waals surface area (Å²) in [6.07, 6.45) is 3.77. The van der Waals surface area contributed by atoms with Crippen molar-refractivity contribution >= 4 is 5.65 Å². The molecule has 0 radical (unpaired) electrons. The van der Waals surface area contributed by atoms with E-state index in [1.54, 1.807) is 0 Å². The zero-order valence-corrected chi connectivity index (χ0v) is 23.9. The maximum absolute atomic E-state index is 6.29. The second-order valence-corrected chi connectivity index (χ2v) is 9.99. The summed E-state index contributed by atoms with van der Waals surface area (Å²) in [6, 6.07) is 18.8. The van der Waals surface area contributed by atoms with Crippen molar-refractivity contribution < 1.29 is 25.8 Å². The number of aromatic nitrogens is 5.